The van der Waals surface area contributed by atoms with Crippen molar-refractivity contribution in [3.05, 3.63) is 64.7 Å². The zero-order valence-corrected chi connectivity index (χ0v) is 12.4. The molecular formula is C15H13ClN2OS. The van der Waals surface area contributed by atoms with Crippen molar-refractivity contribution in [3.8, 4) is 0 Å². The second kappa shape index (κ2) is 6.50. The molecule has 2 N–H and O–H groups in total. The summed E-state index contributed by atoms with van der Waals surface area (Å²) >= 11 is 10.9. The third kappa shape index (κ3) is 3.79. The van der Waals surface area contributed by atoms with E-state index in [0.717, 1.165) is 11.3 Å². The van der Waals surface area contributed by atoms with Gasteiger partial charge in [-0.2, -0.15) is 0 Å². The molecule has 0 aliphatic rings. The number of para-hydroxylation sites is 1. The quantitative estimate of drug-likeness (QED) is 0.830. The maximum Gasteiger partial charge on any atom is 0.257 e. The van der Waals surface area contributed by atoms with Crippen molar-refractivity contribution in [1.82, 2.24) is 5.32 Å². The summed E-state index contributed by atoms with van der Waals surface area (Å²) in [6, 6.07) is 14.3. The molecule has 0 saturated carbocycles. The Hall–Kier alpha value is -1.91. The third-order valence-corrected chi connectivity index (χ3v) is 3.18. The third-order valence-electron chi connectivity index (χ3n) is 2.73. The second-order valence-corrected chi connectivity index (χ2v) is 5.07. The molecule has 0 spiro atoms. The van der Waals surface area contributed by atoms with E-state index in [4.69, 9.17) is 23.8 Å². The number of thiocarbonyl (C=S) groups is 1. The van der Waals surface area contributed by atoms with Gasteiger partial charge < -0.3 is 5.32 Å². The number of carbonyl (C=O) groups is 1. The number of rotatable bonds is 2. The first-order valence-corrected chi connectivity index (χ1v) is 6.78. The van der Waals surface area contributed by atoms with Crippen LogP contribution < -0.4 is 10.6 Å². The van der Waals surface area contributed by atoms with Crippen molar-refractivity contribution in [2.75, 3.05) is 5.32 Å². The van der Waals surface area contributed by atoms with Crippen molar-refractivity contribution in [2.45, 2.75) is 6.92 Å². The van der Waals surface area contributed by atoms with Crippen LogP contribution in [0.25, 0.3) is 0 Å². The van der Waals surface area contributed by atoms with E-state index in [0.29, 0.717) is 10.6 Å². The van der Waals surface area contributed by atoms with Crippen molar-refractivity contribution >= 4 is 40.5 Å². The van der Waals surface area contributed by atoms with Crippen LogP contribution in [-0.2, 0) is 0 Å². The summed E-state index contributed by atoms with van der Waals surface area (Å²) in [4.78, 5) is 12.0. The van der Waals surface area contributed by atoms with Crippen LogP contribution in [0.15, 0.2) is 48.5 Å². The fourth-order valence-corrected chi connectivity index (χ4v) is 1.97. The summed E-state index contributed by atoms with van der Waals surface area (Å²) in [5.74, 6) is -0.271. The molecular weight excluding hydrogens is 292 g/mol. The normalized spacial score (nSPS) is 9.90. The van der Waals surface area contributed by atoms with E-state index < -0.39 is 0 Å². The van der Waals surface area contributed by atoms with Crippen LogP contribution in [0.1, 0.15) is 15.9 Å². The van der Waals surface area contributed by atoms with Gasteiger partial charge in [0.25, 0.3) is 5.91 Å². The fraction of sp³-hybridized carbons (Fsp3) is 0.0667. The van der Waals surface area contributed by atoms with Crippen molar-refractivity contribution < 1.29 is 4.79 Å². The van der Waals surface area contributed by atoms with Gasteiger partial charge in [0.2, 0.25) is 0 Å². The molecule has 0 bridgehead atoms. The minimum atomic E-state index is -0.271. The fourth-order valence-electron chi connectivity index (χ4n) is 1.64. The highest BCUT2D eigenvalue weighted by atomic mass is 35.5. The van der Waals surface area contributed by atoms with Crippen LogP contribution in [0.4, 0.5) is 5.69 Å². The first-order valence-electron chi connectivity index (χ1n) is 6.00. The van der Waals surface area contributed by atoms with Gasteiger partial charge in [-0.05, 0) is 55.0 Å². The molecule has 0 aliphatic carbocycles. The lowest BCUT2D eigenvalue weighted by Crippen LogP contribution is -2.34. The van der Waals surface area contributed by atoms with E-state index in [1.54, 1.807) is 24.3 Å². The van der Waals surface area contributed by atoms with Gasteiger partial charge in [-0.25, -0.2) is 0 Å². The number of halogens is 1. The molecule has 2 rings (SSSR count). The molecule has 0 heterocycles. The average molecular weight is 305 g/mol. The Morgan fingerprint density at radius 2 is 1.75 bits per heavy atom. The van der Waals surface area contributed by atoms with Gasteiger partial charge in [-0.3, -0.25) is 10.1 Å². The highest BCUT2D eigenvalue weighted by Crippen LogP contribution is 2.13. The highest BCUT2D eigenvalue weighted by Gasteiger charge is 2.08. The Kier molecular flexibility index (Phi) is 4.71. The monoisotopic (exact) mass is 304 g/mol. The predicted molar refractivity (Wildman–Crippen MR) is 86.3 cm³/mol. The van der Waals surface area contributed by atoms with Crippen LogP contribution >= 0.6 is 23.8 Å². The van der Waals surface area contributed by atoms with Gasteiger partial charge in [0.1, 0.15) is 0 Å². The topological polar surface area (TPSA) is 41.1 Å². The molecule has 2 aromatic carbocycles. The van der Waals surface area contributed by atoms with E-state index in [9.17, 15) is 4.79 Å². The number of hydrogen-bond acceptors (Lipinski definition) is 2. The summed E-state index contributed by atoms with van der Waals surface area (Å²) in [6.45, 7) is 1.96. The number of nitrogens with one attached hydrogen (secondary N) is 2. The van der Waals surface area contributed by atoms with E-state index in [2.05, 4.69) is 10.6 Å². The molecule has 0 radical (unpaired) electrons. The maximum atomic E-state index is 12.0. The average Bonchev–Trinajstić information content (AvgIpc) is 2.42. The van der Waals surface area contributed by atoms with Crippen LogP contribution in [-0.4, -0.2) is 11.0 Å². The van der Waals surface area contributed by atoms with Crippen LogP contribution in [0.5, 0.6) is 0 Å². The largest absolute Gasteiger partial charge is 0.332 e. The Bertz CT molecular complexity index is 641. The molecule has 0 aromatic heterocycles. The van der Waals surface area contributed by atoms with Gasteiger partial charge in [0.15, 0.2) is 5.11 Å². The number of anilines is 1. The summed E-state index contributed by atoms with van der Waals surface area (Å²) in [5.41, 5.74) is 2.42. The van der Waals surface area contributed by atoms with Crippen LogP contribution in [0.2, 0.25) is 5.02 Å². The van der Waals surface area contributed by atoms with Crippen molar-refractivity contribution in [1.29, 1.82) is 0 Å². The summed E-state index contributed by atoms with van der Waals surface area (Å²) < 4.78 is 0. The standard InChI is InChI=1S/C15H13ClN2OS/c1-10-4-2-3-5-13(10)17-15(20)18-14(19)11-6-8-12(16)9-7-11/h2-9H,1H3,(H2,17,18,19,20). The van der Waals surface area contributed by atoms with Crippen LogP contribution in [0.3, 0.4) is 0 Å². The number of aryl methyl sites for hydroxylation is 1. The molecule has 5 heteroatoms. The first kappa shape index (κ1) is 14.5. The maximum absolute atomic E-state index is 12.0. The molecule has 3 nitrogen and oxygen atoms in total. The SMILES string of the molecule is Cc1ccccc1NC(=S)NC(=O)c1ccc(Cl)cc1. The molecule has 1 amide bonds. The highest BCUT2D eigenvalue weighted by molar-refractivity contribution is 7.80. The zero-order chi connectivity index (χ0) is 14.5. The van der Waals surface area contributed by atoms with Gasteiger partial charge >= 0.3 is 0 Å². The van der Waals surface area contributed by atoms with Crippen molar-refractivity contribution in [2.24, 2.45) is 0 Å². The van der Waals surface area contributed by atoms with E-state index in [-0.39, 0.29) is 11.0 Å². The summed E-state index contributed by atoms with van der Waals surface area (Å²) in [7, 11) is 0. The molecule has 0 unspecified atom stereocenters. The Morgan fingerprint density at radius 3 is 2.40 bits per heavy atom. The van der Waals surface area contributed by atoms with Gasteiger partial charge in [0, 0.05) is 16.3 Å². The van der Waals surface area contributed by atoms with E-state index in [1.807, 2.05) is 31.2 Å². The Labute approximate surface area is 128 Å². The lowest BCUT2D eigenvalue weighted by Gasteiger charge is -2.11. The minimum absolute atomic E-state index is 0.263. The lowest BCUT2D eigenvalue weighted by atomic mass is 10.2. The number of hydrogen-bond donors (Lipinski definition) is 2. The first-order chi connectivity index (χ1) is 9.56. The van der Waals surface area contributed by atoms with Gasteiger partial charge in [-0.1, -0.05) is 29.8 Å². The molecule has 0 atom stereocenters. The van der Waals surface area contributed by atoms with Gasteiger partial charge in [-0.15, -0.1) is 0 Å². The lowest BCUT2D eigenvalue weighted by molar-refractivity contribution is 0.0978. The second-order valence-electron chi connectivity index (χ2n) is 4.23. The summed E-state index contributed by atoms with van der Waals surface area (Å²) in [6.07, 6.45) is 0. The summed E-state index contributed by atoms with van der Waals surface area (Å²) in [5, 5.41) is 6.47. The smallest absolute Gasteiger partial charge is 0.257 e. The predicted octanol–water partition coefficient (Wildman–Crippen LogP) is 3.78. The molecule has 0 aliphatic heterocycles. The van der Waals surface area contributed by atoms with E-state index in [1.165, 1.54) is 0 Å². The zero-order valence-electron chi connectivity index (χ0n) is 10.8. The molecule has 2 aromatic rings. The minimum Gasteiger partial charge on any atom is -0.332 e. The number of carbonyl (C=O) groups excluding carboxylic acids is 1. The van der Waals surface area contributed by atoms with Gasteiger partial charge in [0.05, 0.1) is 0 Å². The van der Waals surface area contributed by atoms with Crippen molar-refractivity contribution in [3.63, 3.8) is 0 Å². The number of benzene rings is 2. The molecule has 0 fully saturated rings. The molecule has 0 saturated heterocycles. The Morgan fingerprint density at radius 1 is 1.10 bits per heavy atom. The molecule has 20 heavy (non-hydrogen) atoms. The van der Waals surface area contributed by atoms with E-state index >= 15 is 0 Å². The van der Waals surface area contributed by atoms with Crippen LogP contribution in [0, 0.1) is 6.92 Å². The number of amides is 1. The Balaban J connectivity index is 2.00. The molecule has 102 valence electrons.